The summed E-state index contributed by atoms with van der Waals surface area (Å²) in [7, 11) is 0. The molecule has 1 atom stereocenters. The Bertz CT molecular complexity index is 240. The summed E-state index contributed by atoms with van der Waals surface area (Å²) in [6.45, 7) is 11.9. The number of fused-ring (bicyclic) bond motifs is 1. The summed E-state index contributed by atoms with van der Waals surface area (Å²) >= 11 is 0. The second kappa shape index (κ2) is 5.68. The van der Waals surface area contributed by atoms with Gasteiger partial charge in [-0.2, -0.15) is 0 Å². The number of rotatable bonds is 5. The van der Waals surface area contributed by atoms with E-state index in [2.05, 4.69) is 23.6 Å². The molecule has 3 nitrogen and oxygen atoms in total. The van der Waals surface area contributed by atoms with E-state index in [4.69, 9.17) is 5.73 Å². The number of piperazine rings is 1. The molecule has 0 aromatic carbocycles. The Morgan fingerprint density at radius 2 is 2.06 bits per heavy atom. The summed E-state index contributed by atoms with van der Waals surface area (Å²) in [4.78, 5) is 5.35. The molecule has 0 aromatic heterocycles. The van der Waals surface area contributed by atoms with E-state index in [-0.39, 0.29) is 0 Å². The predicted octanol–water partition coefficient (Wildman–Crippen LogP) is 1.53. The molecule has 0 amide bonds. The van der Waals surface area contributed by atoms with Crippen molar-refractivity contribution in [3.63, 3.8) is 0 Å². The number of nitrogens with zero attached hydrogens (tertiary/aromatic N) is 2. The first-order valence-electron chi connectivity index (χ1n) is 7.27. The highest BCUT2D eigenvalue weighted by molar-refractivity contribution is 4.86. The van der Waals surface area contributed by atoms with Gasteiger partial charge in [-0.3, -0.25) is 4.90 Å². The molecule has 0 aromatic rings. The zero-order chi connectivity index (χ0) is 12.3. The third kappa shape index (κ3) is 3.67. The van der Waals surface area contributed by atoms with Crippen molar-refractivity contribution < 1.29 is 0 Å². The second-order valence-electron chi connectivity index (χ2n) is 6.60. The van der Waals surface area contributed by atoms with Gasteiger partial charge in [0.05, 0.1) is 0 Å². The molecule has 2 fully saturated rings. The van der Waals surface area contributed by atoms with E-state index >= 15 is 0 Å². The lowest BCUT2D eigenvalue weighted by Crippen LogP contribution is -2.50. The van der Waals surface area contributed by atoms with Gasteiger partial charge in [0.2, 0.25) is 0 Å². The summed E-state index contributed by atoms with van der Waals surface area (Å²) in [5.74, 6) is 0. The smallest absolute Gasteiger partial charge is 0.0224 e. The average molecular weight is 239 g/mol. The maximum atomic E-state index is 5.78. The van der Waals surface area contributed by atoms with Crippen molar-refractivity contribution in [3.8, 4) is 0 Å². The van der Waals surface area contributed by atoms with Gasteiger partial charge in [-0.05, 0) is 50.7 Å². The molecule has 2 saturated heterocycles. The van der Waals surface area contributed by atoms with Crippen molar-refractivity contribution in [2.24, 2.45) is 11.1 Å². The molecule has 2 N–H and O–H groups in total. The minimum atomic E-state index is 0.329. The molecule has 0 bridgehead atoms. The summed E-state index contributed by atoms with van der Waals surface area (Å²) in [6.07, 6.45) is 5.40. The normalized spacial score (nSPS) is 27.4. The molecule has 1 unspecified atom stereocenters. The molecule has 0 radical (unpaired) electrons. The highest BCUT2D eigenvalue weighted by atomic mass is 15.3. The van der Waals surface area contributed by atoms with Crippen LogP contribution in [-0.4, -0.2) is 55.1 Å². The van der Waals surface area contributed by atoms with Crippen molar-refractivity contribution in [2.75, 3.05) is 39.3 Å². The minimum Gasteiger partial charge on any atom is -0.330 e. The minimum absolute atomic E-state index is 0.329. The average Bonchev–Trinajstić information content (AvgIpc) is 2.76. The van der Waals surface area contributed by atoms with E-state index < -0.39 is 0 Å². The molecular weight excluding hydrogens is 210 g/mol. The predicted molar refractivity (Wildman–Crippen MR) is 73.1 cm³/mol. The van der Waals surface area contributed by atoms with Gasteiger partial charge in [-0.1, -0.05) is 13.8 Å². The van der Waals surface area contributed by atoms with Gasteiger partial charge in [0.25, 0.3) is 0 Å². The number of hydrogen-bond acceptors (Lipinski definition) is 3. The molecule has 0 aliphatic carbocycles. The van der Waals surface area contributed by atoms with Crippen LogP contribution in [0.2, 0.25) is 0 Å². The third-order valence-electron chi connectivity index (χ3n) is 4.55. The Hall–Kier alpha value is -0.120. The largest absolute Gasteiger partial charge is 0.330 e. The van der Waals surface area contributed by atoms with E-state index in [0.29, 0.717) is 5.41 Å². The van der Waals surface area contributed by atoms with Crippen molar-refractivity contribution in [1.29, 1.82) is 0 Å². The van der Waals surface area contributed by atoms with Gasteiger partial charge in [0, 0.05) is 25.7 Å². The fourth-order valence-corrected chi connectivity index (χ4v) is 3.14. The van der Waals surface area contributed by atoms with Crippen molar-refractivity contribution in [2.45, 2.75) is 45.6 Å². The van der Waals surface area contributed by atoms with Crippen molar-refractivity contribution in [1.82, 2.24) is 9.80 Å². The topological polar surface area (TPSA) is 32.5 Å². The van der Waals surface area contributed by atoms with Gasteiger partial charge in [-0.15, -0.1) is 0 Å². The van der Waals surface area contributed by atoms with Crippen molar-refractivity contribution in [3.05, 3.63) is 0 Å². The van der Waals surface area contributed by atoms with Crippen LogP contribution in [0.1, 0.15) is 39.5 Å². The molecule has 2 rings (SSSR count). The summed E-state index contributed by atoms with van der Waals surface area (Å²) in [6, 6.07) is 0.867. The van der Waals surface area contributed by atoms with E-state index in [1.54, 1.807) is 0 Å². The van der Waals surface area contributed by atoms with Gasteiger partial charge < -0.3 is 10.6 Å². The summed E-state index contributed by atoms with van der Waals surface area (Å²) < 4.78 is 0. The maximum absolute atomic E-state index is 5.78. The first-order valence-corrected chi connectivity index (χ1v) is 7.27. The molecule has 0 saturated carbocycles. The first kappa shape index (κ1) is 13.3. The first-order chi connectivity index (χ1) is 8.11. The highest BCUT2D eigenvalue weighted by Gasteiger charge is 2.30. The van der Waals surface area contributed by atoms with Crippen LogP contribution in [0.4, 0.5) is 0 Å². The van der Waals surface area contributed by atoms with E-state index in [1.165, 1.54) is 58.4 Å². The standard InChI is InChI=1S/C14H29N3/c1-14(2,12-15)6-4-7-16-9-10-17-8-3-5-13(17)11-16/h13H,3-12,15H2,1-2H3. The quantitative estimate of drug-likeness (QED) is 0.790. The lowest BCUT2D eigenvalue weighted by Gasteiger charge is -2.38. The molecule has 0 spiro atoms. The fraction of sp³-hybridized carbons (Fsp3) is 1.00. The van der Waals surface area contributed by atoms with E-state index in [1.807, 2.05) is 0 Å². The Morgan fingerprint density at radius 1 is 1.24 bits per heavy atom. The summed E-state index contributed by atoms with van der Waals surface area (Å²) in [5.41, 5.74) is 6.10. The SMILES string of the molecule is CC(C)(CN)CCCN1CCN2CCCC2C1. The summed E-state index contributed by atoms with van der Waals surface area (Å²) in [5, 5.41) is 0. The maximum Gasteiger partial charge on any atom is 0.0224 e. The van der Waals surface area contributed by atoms with Crippen LogP contribution in [0.15, 0.2) is 0 Å². The van der Waals surface area contributed by atoms with Crippen molar-refractivity contribution >= 4 is 0 Å². The lowest BCUT2D eigenvalue weighted by molar-refractivity contribution is 0.100. The second-order valence-corrected chi connectivity index (χ2v) is 6.60. The molecule has 2 aliphatic rings. The molecule has 2 heterocycles. The molecule has 3 heteroatoms. The highest BCUT2D eigenvalue weighted by Crippen LogP contribution is 2.23. The zero-order valence-corrected chi connectivity index (χ0v) is 11.6. The Balaban J connectivity index is 1.67. The molecular formula is C14H29N3. The van der Waals surface area contributed by atoms with Crippen LogP contribution in [0, 0.1) is 5.41 Å². The number of nitrogens with two attached hydrogens (primary N) is 1. The Morgan fingerprint density at radius 3 is 2.82 bits per heavy atom. The number of hydrogen-bond donors (Lipinski definition) is 1. The molecule has 100 valence electrons. The molecule has 2 aliphatic heterocycles. The monoisotopic (exact) mass is 239 g/mol. The van der Waals surface area contributed by atoms with E-state index in [9.17, 15) is 0 Å². The molecule has 17 heavy (non-hydrogen) atoms. The van der Waals surface area contributed by atoms with Gasteiger partial charge in [0.15, 0.2) is 0 Å². The van der Waals surface area contributed by atoms with Crippen LogP contribution < -0.4 is 5.73 Å². The lowest BCUT2D eigenvalue weighted by atomic mass is 9.88. The van der Waals surface area contributed by atoms with Crippen LogP contribution in [0.3, 0.4) is 0 Å². The fourth-order valence-electron chi connectivity index (χ4n) is 3.14. The Kier molecular flexibility index (Phi) is 4.45. The van der Waals surface area contributed by atoms with Gasteiger partial charge in [-0.25, -0.2) is 0 Å². The third-order valence-corrected chi connectivity index (χ3v) is 4.55. The zero-order valence-electron chi connectivity index (χ0n) is 11.6. The van der Waals surface area contributed by atoms with E-state index in [0.717, 1.165) is 12.6 Å². The van der Waals surface area contributed by atoms with Crippen LogP contribution in [0.5, 0.6) is 0 Å². The van der Waals surface area contributed by atoms with Crippen LogP contribution in [0.25, 0.3) is 0 Å². The van der Waals surface area contributed by atoms with Gasteiger partial charge >= 0.3 is 0 Å². The van der Waals surface area contributed by atoms with Crippen LogP contribution in [-0.2, 0) is 0 Å². The van der Waals surface area contributed by atoms with Crippen LogP contribution >= 0.6 is 0 Å². The Labute approximate surface area is 106 Å². The van der Waals surface area contributed by atoms with Gasteiger partial charge in [0.1, 0.15) is 0 Å².